The molecular weight excluding hydrogens is 244 g/mol. The highest BCUT2D eigenvalue weighted by Gasteiger charge is 2.39. The van der Waals surface area contributed by atoms with Crippen molar-refractivity contribution in [2.45, 2.75) is 46.1 Å². The quantitative estimate of drug-likeness (QED) is 0.719. The molecule has 0 aromatic heterocycles. The Balaban J connectivity index is 2.60. The second kappa shape index (κ2) is 5.60. The van der Waals surface area contributed by atoms with E-state index >= 15 is 0 Å². The molecular formula is C14H22N2O3. The lowest BCUT2D eigenvalue weighted by atomic mass is 9.71. The maximum Gasteiger partial charge on any atom is 0.410 e. The highest BCUT2D eigenvalue weighted by molar-refractivity contribution is 5.68. The number of nitriles is 1. The molecule has 1 unspecified atom stereocenters. The maximum atomic E-state index is 11.9. The van der Waals surface area contributed by atoms with Crippen LogP contribution in [0.2, 0.25) is 0 Å². The van der Waals surface area contributed by atoms with Gasteiger partial charge >= 0.3 is 6.09 Å². The molecule has 0 saturated carbocycles. The molecule has 0 aliphatic carbocycles. The van der Waals surface area contributed by atoms with Crippen molar-refractivity contribution < 1.29 is 14.3 Å². The minimum Gasteiger partial charge on any atom is -0.444 e. The largest absolute Gasteiger partial charge is 0.444 e. The second-order valence-electron chi connectivity index (χ2n) is 6.36. The van der Waals surface area contributed by atoms with Crippen molar-refractivity contribution in [2.24, 2.45) is 11.3 Å². The van der Waals surface area contributed by atoms with Gasteiger partial charge in [-0.25, -0.2) is 4.79 Å². The molecule has 1 amide bonds. The third-order valence-corrected chi connectivity index (χ3v) is 3.58. The molecule has 1 rings (SSSR count). The number of carbonyl (C=O) groups is 2. The van der Waals surface area contributed by atoms with E-state index in [-0.39, 0.29) is 11.5 Å². The van der Waals surface area contributed by atoms with Gasteiger partial charge in [0.2, 0.25) is 0 Å². The average Bonchev–Trinajstić information content (AvgIpc) is 2.28. The van der Waals surface area contributed by atoms with Crippen LogP contribution in [0.3, 0.4) is 0 Å². The Morgan fingerprint density at radius 1 is 1.42 bits per heavy atom. The lowest BCUT2D eigenvalue weighted by molar-refractivity contribution is -0.113. The standard InChI is InChI=1S/C14H22N2O3/c1-13(2,3)19-12(18)16-7-5-14(4,6-8-16)11(9-15)10-17/h10-11H,5-8H2,1-4H3. The molecule has 5 heteroatoms. The minimum atomic E-state index is -0.603. The molecule has 0 aromatic carbocycles. The molecule has 0 bridgehead atoms. The summed E-state index contributed by atoms with van der Waals surface area (Å²) in [5, 5.41) is 8.98. The van der Waals surface area contributed by atoms with E-state index in [0.29, 0.717) is 32.2 Å². The van der Waals surface area contributed by atoms with Crippen LogP contribution in [0.25, 0.3) is 0 Å². The predicted octanol–water partition coefficient (Wildman–Crippen LogP) is 2.36. The Labute approximate surface area is 114 Å². The van der Waals surface area contributed by atoms with Crippen molar-refractivity contribution >= 4 is 12.4 Å². The smallest absolute Gasteiger partial charge is 0.410 e. The predicted molar refractivity (Wildman–Crippen MR) is 70.3 cm³/mol. The zero-order valence-electron chi connectivity index (χ0n) is 12.1. The first-order valence-corrected chi connectivity index (χ1v) is 6.55. The molecule has 19 heavy (non-hydrogen) atoms. The number of likely N-dealkylation sites (tertiary alicyclic amines) is 1. The van der Waals surface area contributed by atoms with Crippen LogP contribution < -0.4 is 0 Å². The number of piperidine rings is 1. The van der Waals surface area contributed by atoms with Gasteiger partial charge in [-0.1, -0.05) is 6.92 Å². The second-order valence-corrected chi connectivity index (χ2v) is 6.36. The lowest BCUT2D eigenvalue weighted by Gasteiger charge is -2.40. The van der Waals surface area contributed by atoms with Crippen molar-refractivity contribution in [1.82, 2.24) is 4.90 Å². The number of hydrogen-bond acceptors (Lipinski definition) is 4. The van der Waals surface area contributed by atoms with E-state index in [9.17, 15) is 9.59 Å². The van der Waals surface area contributed by atoms with E-state index in [1.165, 1.54) is 0 Å². The fraction of sp³-hybridized carbons (Fsp3) is 0.786. The summed E-state index contributed by atoms with van der Waals surface area (Å²) < 4.78 is 5.31. The number of amides is 1. The van der Waals surface area contributed by atoms with Crippen LogP contribution in [0.15, 0.2) is 0 Å². The first-order valence-electron chi connectivity index (χ1n) is 6.55. The molecule has 1 aliphatic rings. The molecule has 1 heterocycles. The number of rotatable bonds is 2. The van der Waals surface area contributed by atoms with E-state index in [2.05, 4.69) is 0 Å². The maximum absolute atomic E-state index is 11.9. The average molecular weight is 266 g/mol. The number of ether oxygens (including phenoxy) is 1. The number of hydrogen-bond donors (Lipinski definition) is 0. The van der Waals surface area contributed by atoms with Crippen LogP contribution in [0.4, 0.5) is 4.79 Å². The molecule has 1 saturated heterocycles. The number of carbonyl (C=O) groups excluding carboxylic acids is 2. The summed E-state index contributed by atoms with van der Waals surface area (Å²) in [6, 6.07) is 2.04. The number of aldehydes is 1. The fourth-order valence-electron chi connectivity index (χ4n) is 2.19. The molecule has 0 radical (unpaired) electrons. The van der Waals surface area contributed by atoms with Crippen LogP contribution in [-0.4, -0.2) is 36.0 Å². The summed E-state index contributed by atoms with van der Waals surface area (Å²) in [7, 11) is 0. The Morgan fingerprint density at radius 2 is 1.95 bits per heavy atom. The number of nitrogens with zero attached hydrogens (tertiary/aromatic N) is 2. The first-order chi connectivity index (χ1) is 8.72. The summed E-state index contributed by atoms with van der Waals surface area (Å²) in [5.74, 6) is -0.603. The van der Waals surface area contributed by atoms with Crippen LogP contribution in [0.5, 0.6) is 0 Å². The van der Waals surface area contributed by atoms with E-state index in [1.54, 1.807) is 4.90 Å². The summed E-state index contributed by atoms with van der Waals surface area (Å²) in [6.07, 6.45) is 1.67. The van der Waals surface area contributed by atoms with Crippen molar-refractivity contribution in [3.8, 4) is 6.07 Å². The molecule has 1 fully saturated rings. The monoisotopic (exact) mass is 266 g/mol. The Kier molecular flexibility index (Phi) is 4.56. The highest BCUT2D eigenvalue weighted by atomic mass is 16.6. The Bertz CT molecular complexity index is 384. The SMILES string of the molecule is CC(C)(C)OC(=O)N1CCC(C)(C(C#N)C=O)CC1. The normalized spacial score (nSPS) is 20.3. The van der Waals surface area contributed by atoms with Crippen LogP contribution in [0.1, 0.15) is 40.5 Å². The van der Waals surface area contributed by atoms with Crippen molar-refractivity contribution in [1.29, 1.82) is 5.26 Å². The van der Waals surface area contributed by atoms with Gasteiger partial charge in [0.15, 0.2) is 0 Å². The molecule has 5 nitrogen and oxygen atoms in total. The van der Waals surface area contributed by atoms with Gasteiger partial charge in [0, 0.05) is 13.1 Å². The fourth-order valence-corrected chi connectivity index (χ4v) is 2.19. The topological polar surface area (TPSA) is 70.4 Å². The Hall–Kier alpha value is -1.57. The van der Waals surface area contributed by atoms with Crippen LogP contribution >= 0.6 is 0 Å². The van der Waals surface area contributed by atoms with Crippen molar-refractivity contribution in [3.05, 3.63) is 0 Å². The van der Waals surface area contributed by atoms with Gasteiger partial charge in [-0.3, -0.25) is 0 Å². The summed E-state index contributed by atoms with van der Waals surface area (Å²) >= 11 is 0. The summed E-state index contributed by atoms with van der Waals surface area (Å²) in [5.41, 5.74) is -0.842. The molecule has 0 N–H and O–H groups in total. The molecule has 0 spiro atoms. The highest BCUT2D eigenvalue weighted by Crippen LogP contribution is 2.37. The first kappa shape index (κ1) is 15.5. The van der Waals surface area contributed by atoms with Crippen LogP contribution in [-0.2, 0) is 9.53 Å². The zero-order valence-corrected chi connectivity index (χ0v) is 12.1. The van der Waals surface area contributed by atoms with Gasteiger partial charge in [0.1, 0.15) is 17.8 Å². The van der Waals surface area contributed by atoms with Gasteiger partial charge in [0.25, 0.3) is 0 Å². The molecule has 106 valence electrons. The van der Waals surface area contributed by atoms with E-state index in [1.807, 2.05) is 33.8 Å². The van der Waals surface area contributed by atoms with Gasteiger partial charge < -0.3 is 14.4 Å². The zero-order chi connectivity index (χ0) is 14.7. The Morgan fingerprint density at radius 3 is 2.32 bits per heavy atom. The van der Waals surface area contributed by atoms with E-state index in [0.717, 1.165) is 0 Å². The van der Waals surface area contributed by atoms with Gasteiger partial charge in [-0.2, -0.15) is 5.26 Å². The van der Waals surface area contributed by atoms with E-state index in [4.69, 9.17) is 10.00 Å². The lowest BCUT2D eigenvalue weighted by Crippen LogP contribution is -2.46. The van der Waals surface area contributed by atoms with Gasteiger partial charge in [0.05, 0.1) is 6.07 Å². The van der Waals surface area contributed by atoms with Crippen molar-refractivity contribution in [2.75, 3.05) is 13.1 Å². The summed E-state index contributed by atoms with van der Waals surface area (Å²) in [4.78, 5) is 24.5. The van der Waals surface area contributed by atoms with E-state index < -0.39 is 11.5 Å². The van der Waals surface area contributed by atoms with Gasteiger partial charge in [-0.15, -0.1) is 0 Å². The third-order valence-electron chi connectivity index (χ3n) is 3.58. The summed E-state index contributed by atoms with van der Waals surface area (Å²) in [6.45, 7) is 8.47. The van der Waals surface area contributed by atoms with Crippen LogP contribution in [0, 0.1) is 22.7 Å². The van der Waals surface area contributed by atoms with Crippen molar-refractivity contribution in [3.63, 3.8) is 0 Å². The minimum absolute atomic E-state index is 0.325. The third kappa shape index (κ3) is 3.95. The van der Waals surface area contributed by atoms with Gasteiger partial charge in [-0.05, 0) is 39.0 Å². The molecule has 1 aliphatic heterocycles. The molecule has 1 atom stereocenters. The molecule has 0 aromatic rings.